The molecule has 3 heteroatoms. The quantitative estimate of drug-likeness (QED) is 0.881. The van der Waals surface area contributed by atoms with Crippen molar-refractivity contribution in [1.29, 1.82) is 0 Å². The molecule has 0 bridgehead atoms. The molecule has 0 aliphatic rings. The van der Waals surface area contributed by atoms with Gasteiger partial charge in [0.15, 0.2) is 11.6 Å². The van der Waals surface area contributed by atoms with E-state index >= 15 is 0 Å². The van der Waals surface area contributed by atoms with E-state index in [0.717, 1.165) is 18.2 Å². The summed E-state index contributed by atoms with van der Waals surface area (Å²) < 4.78 is 25.9. The molecular weight excluding hydrogens is 244 g/mol. The fraction of sp³-hybridized carbons (Fsp3) is 0.250. The third-order valence-corrected chi connectivity index (χ3v) is 3.26. The Balaban J connectivity index is 1.98. The van der Waals surface area contributed by atoms with Crippen molar-refractivity contribution < 1.29 is 8.78 Å². The van der Waals surface area contributed by atoms with Crippen LogP contribution in [0.3, 0.4) is 0 Å². The van der Waals surface area contributed by atoms with Crippen molar-refractivity contribution in [3.8, 4) is 0 Å². The highest BCUT2D eigenvalue weighted by Gasteiger charge is 2.04. The number of halogens is 2. The molecule has 0 heterocycles. The molecule has 2 aromatic carbocycles. The summed E-state index contributed by atoms with van der Waals surface area (Å²) in [5, 5.41) is 3.26. The first kappa shape index (κ1) is 13.7. The van der Waals surface area contributed by atoms with Gasteiger partial charge in [0.1, 0.15) is 0 Å². The van der Waals surface area contributed by atoms with Crippen LogP contribution in [0.25, 0.3) is 0 Å². The van der Waals surface area contributed by atoms with Crippen LogP contribution in [0.15, 0.2) is 36.4 Å². The Kier molecular flexibility index (Phi) is 4.27. The summed E-state index contributed by atoms with van der Waals surface area (Å²) in [4.78, 5) is 0. The monoisotopic (exact) mass is 261 g/mol. The lowest BCUT2D eigenvalue weighted by atomic mass is 10.0. The van der Waals surface area contributed by atoms with Crippen LogP contribution in [0.1, 0.15) is 22.3 Å². The number of aryl methyl sites for hydroxylation is 2. The van der Waals surface area contributed by atoms with E-state index in [1.807, 2.05) is 6.07 Å². The minimum Gasteiger partial charge on any atom is -0.309 e. The molecule has 0 unspecified atom stereocenters. The minimum atomic E-state index is -0.807. The van der Waals surface area contributed by atoms with Gasteiger partial charge in [0, 0.05) is 13.1 Å². The van der Waals surface area contributed by atoms with Crippen LogP contribution < -0.4 is 5.32 Å². The molecule has 1 N–H and O–H groups in total. The van der Waals surface area contributed by atoms with Gasteiger partial charge < -0.3 is 5.32 Å². The summed E-state index contributed by atoms with van der Waals surface area (Å²) in [6.45, 7) is 5.38. The van der Waals surface area contributed by atoms with Gasteiger partial charge in [-0.1, -0.05) is 24.3 Å². The smallest absolute Gasteiger partial charge is 0.159 e. The van der Waals surface area contributed by atoms with Gasteiger partial charge in [-0.25, -0.2) is 8.78 Å². The molecule has 1 nitrogen and oxygen atoms in total. The first-order valence-electron chi connectivity index (χ1n) is 6.27. The van der Waals surface area contributed by atoms with E-state index in [1.54, 1.807) is 6.07 Å². The Morgan fingerprint density at radius 3 is 2.21 bits per heavy atom. The zero-order valence-corrected chi connectivity index (χ0v) is 11.1. The predicted molar refractivity (Wildman–Crippen MR) is 72.8 cm³/mol. The summed E-state index contributed by atoms with van der Waals surface area (Å²) in [5.41, 5.74) is 4.46. The molecular formula is C16H17F2N. The fourth-order valence-electron chi connectivity index (χ4n) is 2.11. The third-order valence-electron chi connectivity index (χ3n) is 3.26. The largest absolute Gasteiger partial charge is 0.309 e. The highest BCUT2D eigenvalue weighted by molar-refractivity contribution is 5.33. The molecule has 0 radical (unpaired) electrons. The van der Waals surface area contributed by atoms with Gasteiger partial charge in [0.25, 0.3) is 0 Å². The second kappa shape index (κ2) is 5.93. The molecule has 0 saturated carbocycles. The number of nitrogens with one attached hydrogen (secondary N) is 1. The van der Waals surface area contributed by atoms with Gasteiger partial charge in [-0.2, -0.15) is 0 Å². The lowest BCUT2D eigenvalue weighted by Gasteiger charge is -2.11. The number of hydrogen-bond acceptors (Lipinski definition) is 1. The topological polar surface area (TPSA) is 12.0 Å². The van der Waals surface area contributed by atoms with E-state index in [1.165, 1.54) is 22.8 Å². The van der Waals surface area contributed by atoms with E-state index < -0.39 is 11.6 Å². The van der Waals surface area contributed by atoms with E-state index in [4.69, 9.17) is 0 Å². The molecule has 0 aliphatic carbocycles. The van der Waals surface area contributed by atoms with E-state index in [0.29, 0.717) is 6.54 Å². The zero-order chi connectivity index (χ0) is 13.8. The average Bonchev–Trinajstić information content (AvgIpc) is 2.37. The van der Waals surface area contributed by atoms with Crippen LogP contribution in [0.4, 0.5) is 8.78 Å². The minimum absolute atomic E-state index is 0.519. The van der Waals surface area contributed by atoms with E-state index in [9.17, 15) is 8.78 Å². The molecule has 0 amide bonds. The van der Waals surface area contributed by atoms with Crippen LogP contribution in [0.2, 0.25) is 0 Å². The first-order valence-corrected chi connectivity index (χ1v) is 6.27. The molecule has 0 spiro atoms. The summed E-state index contributed by atoms with van der Waals surface area (Å²) >= 11 is 0. The van der Waals surface area contributed by atoms with Crippen LogP contribution in [-0.2, 0) is 13.1 Å². The molecule has 0 aliphatic heterocycles. The van der Waals surface area contributed by atoms with Crippen molar-refractivity contribution in [2.24, 2.45) is 0 Å². The van der Waals surface area contributed by atoms with Gasteiger partial charge in [-0.3, -0.25) is 0 Å². The number of rotatable bonds is 4. The molecule has 0 fully saturated rings. The molecule has 0 saturated heterocycles. The molecule has 100 valence electrons. The van der Waals surface area contributed by atoms with Crippen LogP contribution in [0, 0.1) is 25.5 Å². The van der Waals surface area contributed by atoms with Crippen molar-refractivity contribution in [3.05, 3.63) is 70.3 Å². The SMILES string of the molecule is Cc1cccc(C)c1CNCc1ccc(F)c(F)c1. The van der Waals surface area contributed by atoms with Crippen molar-refractivity contribution in [3.63, 3.8) is 0 Å². The van der Waals surface area contributed by atoms with Crippen molar-refractivity contribution in [2.75, 3.05) is 0 Å². The van der Waals surface area contributed by atoms with Crippen LogP contribution in [-0.4, -0.2) is 0 Å². The Hall–Kier alpha value is -1.74. The van der Waals surface area contributed by atoms with Gasteiger partial charge >= 0.3 is 0 Å². The summed E-state index contributed by atoms with van der Waals surface area (Å²) in [5.74, 6) is -1.61. The summed E-state index contributed by atoms with van der Waals surface area (Å²) in [6, 6.07) is 10.2. The van der Waals surface area contributed by atoms with E-state index in [2.05, 4.69) is 31.3 Å². The molecule has 0 aromatic heterocycles. The Morgan fingerprint density at radius 2 is 1.58 bits per heavy atom. The lowest BCUT2D eigenvalue weighted by Crippen LogP contribution is -2.14. The van der Waals surface area contributed by atoms with Gasteiger partial charge in [0.05, 0.1) is 0 Å². The zero-order valence-electron chi connectivity index (χ0n) is 11.1. The van der Waals surface area contributed by atoms with Gasteiger partial charge in [-0.15, -0.1) is 0 Å². The molecule has 19 heavy (non-hydrogen) atoms. The maximum atomic E-state index is 13.1. The Morgan fingerprint density at radius 1 is 0.895 bits per heavy atom. The molecule has 0 atom stereocenters. The number of hydrogen-bond donors (Lipinski definition) is 1. The normalized spacial score (nSPS) is 10.7. The average molecular weight is 261 g/mol. The van der Waals surface area contributed by atoms with Crippen LogP contribution in [0.5, 0.6) is 0 Å². The first-order chi connectivity index (χ1) is 9.08. The van der Waals surface area contributed by atoms with Crippen molar-refractivity contribution >= 4 is 0 Å². The maximum absolute atomic E-state index is 13.1. The van der Waals surface area contributed by atoms with Crippen molar-refractivity contribution in [1.82, 2.24) is 5.32 Å². The predicted octanol–water partition coefficient (Wildman–Crippen LogP) is 3.87. The fourth-order valence-corrected chi connectivity index (χ4v) is 2.11. The summed E-state index contributed by atoms with van der Waals surface area (Å²) in [7, 11) is 0. The van der Waals surface area contributed by atoms with Gasteiger partial charge in [0.2, 0.25) is 0 Å². The lowest BCUT2D eigenvalue weighted by molar-refractivity contribution is 0.506. The summed E-state index contributed by atoms with van der Waals surface area (Å²) in [6.07, 6.45) is 0. The molecule has 2 rings (SSSR count). The second-order valence-corrected chi connectivity index (χ2v) is 4.72. The molecule has 2 aromatic rings. The number of benzene rings is 2. The highest BCUT2D eigenvalue weighted by atomic mass is 19.2. The van der Waals surface area contributed by atoms with Gasteiger partial charge in [-0.05, 0) is 48.2 Å². The van der Waals surface area contributed by atoms with E-state index in [-0.39, 0.29) is 0 Å². The maximum Gasteiger partial charge on any atom is 0.159 e. The highest BCUT2D eigenvalue weighted by Crippen LogP contribution is 2.13. The second-order valence-electron chi connectivity index (χ2n) is 4.72. The Bertz CT molecular complexity index is 559. The third kappa shape index (κ3) is 3.38. The standard InChI is InChI=1S/C16H17F2N/c1-11-4-3-5-12(2)14(11)10-19-9-13-6-7-15(17)16(18)8-13/h3-8,19H,9-10H2,1-2H3. The Labute approximate surface area is 112 Å². The van der Waals surface area contributed by atoms with Crippen molar-refractivity contribution in [2.45, 2.75) is 26.9 Å². The van der Waals surface area contributed by atoms with Crippen LogP contribution >= 0.6 is 0 Å².